The fourth-order valence-corrected chi connectivity index (χ4v) is 8.06. The number of rotatable bonds is 6. The molecule has 1 spiro atoms. The molecule has 4 heterocycles. The van der Waals surface area contributed by atoms with Crippen molar-refractivity contribution in [2.45, 2.75) is 57.2 Å². The van der Waals surface area contributed by atoms with Gasteiger partial charge in [-0.3, -0.25) is 0 Å². The number of likely N-dealkylation sites (tertiary alicyclic amines) is 1. The van der Waals surface area contributed by atoms with Crippen molar-refractivity contribution in [2.24, 2.45) is 11.3 Å². The third kappa shape index (κ3) is 6.08. The molecule has 2 saturated heterocycles. The van der Waals surface area contributed by atoms with Crippen molar-refractivity contribution < 1.29 is 21.6 Å². The van der Waals surface area contributed by atoms with E-state index in [4.69, 9.17) is 0 Å². The van der Waals surface area contributed by atoms with Crippen molar-refractivity contribution in [3.63, 3.8) is 0 Å². The fraction of sp³-hybridized carbons (Fsp3) is 0.739. The van der Waals surface area contributed by atoms with Crippen LogP contribution < -0.4 is 9.62 Å². The molecule has 35 heavy (non-hydrogen) atoms. The van der Waals surface area contributed by atoms with Crippen LogP contribution in [0.5, 0.6) is 0 Å². The summed E-state index contributed by atoms with van der Waals surface area (Å²) in [5.41, 5.74) is 0.192. The van der Waals surface area contributed by atoms with E-state index in [0.29, 0.717) is 10.7 Å². The second kappa shape index (κ2) is 9.42. The second-order valence-electron chi connectivity index (χ2n) is 10.7. The Bertz CT molecular complexity index is 1160. The van der Waals surface area contributed by atoms with E-state index in [-0.39, 0.29) is 16.3 Å². The van der Waals surface area contributed by atoms with Gasteiger partial charge in [0.25, 0.3) is 0 Å². The zero-order chi connectivity index (χ0) is 24.8. The Morgan fingerprint density at radius 2 is 1.89 bits per heavy atom. The van der Waals surface area contributed by atoms with Gasteiger partial charge in [-0.25, -0.2) is 23.1 Å². The molecule has 2 aromatic rings. The molecule has 0 aromatic carbocycles. The molecule has 3 fully saturated rings. The minimum Gasteiger partial charge on any atom is -0.355 e. The summed E-state index contributed by atoms with van der Waals surface area (Å²) < 4.78 is 64.4. The quantitative estimate of drug-likeness (QED) is 0.611. The van der Waals surface area contributed by atoms with Gasteiger partial charge in [0.2, 0.25) is 10.0 Å². The maximum atomic E-state index is 12.9. The molecule has 12 heteroatoms. The molecule has 2 aromatic heterocycles. The Morgan fingerprint density at radius 3 is 2.60 bits per heavy atom. The van der Waals surface area contributed by atoms with Crippen molar-refractivity contribution in [1.29, 1.82) is 0 Å². The number of hydrogen-bond donors (Lipinski definition) is 1. The normalized spacial score (nSPS) is 28.5. The molecule has 1 aliphatic carbocycles. The van der Waals surface area contributed by atoms with Crippen LogP contribution in [0.2, 0.25) is 0 Å². The summed E-state index contributed by atoms with van der Waals surface area (Å²) in [7, 11) is -3.15. The number of sulfonamides is 1. The Morgan fingerprint density at radius 1 is 1.14 bits per heavy atom. The predicted molar refractivity (Wildman–Crippen MR) is 131 cm³/mol. The fourth-order valence-electron chi connectivity index (χ4n) is 6.19. The van der Waals surface area contributed by atoms with Gasteiger partial charge in [0.15, 0.2) is 0 Å². The van der Waals surface area contributed by atoms with Crippen molar-refractivity contribution in [3.8, 4) is 0 Å². The van der Waals surface area contributed by atoms with E-state index in [1.54, 1.807) is 6.07 Å². The molecule has 0 radical (unpaired) electrons. The molecule has 0 amide bonds. The molecule has 1 unspecified atom stereocenters. The van der Waals surface area contributed by atoms with E-state index < -0.39 is 22.6 Å². The van der Waals surface area contributed by atoms with Crippen LogP contribution in [0.15, 0.2) is 12.4 Å². The number of aromatic nitrogens is 2. The highest BCUT2D eigenvalue weighted by Crippen LogP contribution is 2.43. The largest absolute Gasteiger partial charge is 0.393 e. The summed E-state index contributed by atoms with van der Waals surface area (Å²) >= 11 is 1.10. The molecular weight excluding hydrogens is 499 g/mol. The highest BCUT2D eigenvalue weighted by molar-refractivity contribution is 7.88. The molecular formula is C23H32F3N5O2S2. The molecule has 5 rings (SSSR count). The summed E-state index contributed by atoms with van der Waals surface area (Å²) in [6.45, 7) is 4.86. The molecule has 3 aliphatic rings. The molecule has 194 valence electrons. The third-order valence-electron chi connectivity index (χ3n) is 7.73. The highest BCUT2D eigenvalue weighted by atomic mass is 32.2. The van der Waals surface area contributed by atoms with Crippen LogP contribution in [0.3, 0.4) is 0 Å². The van der Waals surface area contributed by atoms with E-state index in [0.717, 1.165) is 93.8 Å². The third-order valence-corrected chi connectivity index (χ3v) is 9.54. The van der Waals surface area contributed by atoms with E-state index >= 15 is 0 Å². The van der Waals surface area contributed by atoms with Crippen molar-refractivity contribution >= 4 is 37.4 Å². The molecule has 1 atom stereocenters. The molecule has 1 N–H and O–H groups in total. The van der Waals surface area contributed by atoms with Crippen LogP contribution >= 0.6 is 11.3 Å². The molecule has 1 saturated carbocycles. The topological polar surface area (TPSA) is 78.4 Å². The summed E-state index contributed by atoms with van der Waals surface area (Å²) in [5.74, 6) is 1.35. The zero-order valence-electron chi connectivity index (χ0n) is 19.9. The number of thiophene rings is 1. The lowest BCUT2D eigenvalue weighted by atomic mass is 9.85. The number of hydrogen-bond acceptors (Lipinski definition) is 7. The first-order chi connectivity index (χ1) is 16.5. The standard InChI is InChI=1S/C23H32F3N5O2S2/c1-35(32,33)29-17-4-2-16(3-5-17)12-30-8-6-22(13-30)7-9-31(14-22)20-19-10-18(11-23(24,25)26)34-21(19)28-15-27-20/h10,15-17,29H,2-9,11-14H2,1H3. The first kappa shape index (κ1) is 25.2. The van der Waals surface area contributed by atoms with Crippen LogP contribution in [-0.4, -0.2) is 74.5 Å². The Labute approximate surface area is 208 Å². The van der Waals surface area contributed by atoms with Crippen LogP contribution in [0.1, 0.15) is 43.4 Å². The van der Waals surface area contributed by atoms with Gasteiger partial charge in [0, 0.05) is 42.5 Å². The van der Waals surface area contributed by atoms with E-state index in [9.17, 15) is 21.6 Å². The maximum Gasteiger partial charge on any atom is 0.393 e. The summed E-state index contributed by atoms with van der Waals surface area (Å²) in [6, 6.07) is 1.68. The van der Waals surface area contributed by atoms with E-state index in [1.807, 2.05) is 0 Å². The highest BCUT2D eigenvalue weighted by Gasteiger charge is 2.44. The van der Waals surface area contributed by atoms with Crippen molar-refractivity contribution in [2.75, 3.05) is 43.9 Å². The summed E-state index contributed by atoms with van der Waals surface area (Å²) in [4.78, 5) is 14.4. The number of nitrogens with one attached hydrogen (secondary N) is 1. The number of nitrogens with zero attached hydrogens (tertiary/aromatic N) is 4. The zero-order valence-corrected chi connectivity index (χ0v) is 21.5. The van der Waals surface area contributed by atoms with Gasteiger partial charge in [-0.05, 0) is 57.1 Å². The first-order valence-electron chi connectivity index (χ1n) is 12.2. The average Bonchev–Trinajstić information content (AvgIpc) is 3.45. The lowest BCUT2D eigenvalue weighted by Crippen LogP contribution is -2.39. The van der Waals surface area contributed by atoms with E-state index in [1.165, 1.54) is 12.6 Å². The lowest BCUT2D eigenvalue weighted by molar-refractivity contribution is -0.126. The lowest BCUT2D eigenvalue weighted by Gasteiger charge is -2.32. The number of anilines is 1. The number of halogens is 3. The maximum absolute atomic E-state index is 12.9. The molecule has 2 aliphatic heterocycles. The van der Waals surface area contributed by atoms with Gasteiger partial charge in [-0.15, -0.1) is 11.3 Å². The van der Waals surface area contributed by atoms with Crippen LogP contribution in [0.25, 0.3) is 10.2 Å². The SMILES string of the molecule is CS(=O)(=O)NC1CCC(CN2CCC3(CCN(c4ncnc5sc(CC(F)(F)F)cc45)C3)C2)CC1. The van der Waals surface area contributed by atoms with Crippen molar-refractivity contribution in [3.05, 3.63) is 17.3 Å². The number of alkyl halides is 3. The van der Waals surface area contributed by atoms with Crippen LogP contribution in [0, 0.1) is 11.3 Å². The van der Waals surface area contributed by atoms with Crippen LogP contribution in [-0.2, 0) is 16.4 Å². The predicted octanol–water partition coefficient (Wildman–Crippen LogP) is 3.81. The molecule has 0 bridgehead atoms. The monoisotopic (exact) mass is 531 g/mol. The Hall–Kier alpha value is -1.50. The number of fused-ring (bicyclic) bond motifs is 1. The first-order valence-corrected chi connectivity index (χ1v) is 14.9. The summed E-state index contributed by atoms with van der Waals surface area (Å²) in [6.07, 6.45) is 3.57. The van der Waals surface area contributed by atoms with Gasteiger partial charge in [0.05, 0.1) is 18.1 Å². The van der Waals surface area contributed by atoms with Crippen molar-refractivity contribution in [1.82, 2.24) is 19.6 Å². The second-order valence-corrected chi connectivity index (χ2v) is 13.6. The van der Waals surface area contributed by atoms with Gasteiger partial charge in [-0.1, -0.05) is 0 Å². The molecule has 7 nitrogen and oxygen atoms in total. The Balaban J connectivity index is 1.18. The van der Waals surface area contributed by atoms with E-state index in [2.05, 4.69) is 24.5 Å². The van der Waals surface area contributed by atoms with Gasteiger partial charge in [0.1, 0.15) is 17.0 Å². The average molecular weight is 532 g/mol. The van der Waals surface area contributed by atoms with Gasteiger partial charge >= 0.3 is 6.18 Å². The van der Waals surface area contributed by atoms with Gasteiger partial charge in [-0.2, -0.15) is 13.2 Å². The Kier molecular flexibility index (Phi) is 6.77. The minimum atomic E-state index is -4.23. The van der Waals surface area contributed by atoms with Crippen LogP contribution in [0.4, 0.5) is 19.0 Å². The minimum absolute atomic E-state index is 0.0630. The van der Waals surface area contributed by atoms with Gasteiger partial charge < -0.3 is 9.80 Å². The smallest absolute Gasteiger partial charge is 0.355 e. The summed E-state index contributed by atoms with van der Waals surface area (Å²) in [5, 5.41) is 0.725.